The van der Waals surface area contributed by atoms with Gasteiger partial charge in [0.1, 0.15) is 5.52 Å². The van der Waals surface area contributed by atoms with Crippen molar-refractivity contribution in [3.8, 4) is 0 Å². The minimum absolute atomic E-state index is 0.0544. The molecule has 0 saturated heterocycles. The van der Waals surface area contributed by atoms with Crippen molar-refractivity contribution in [2.75, 3.05) is 7.11 Å². The maximum Gasteiger partial charge on any atom is 0.377 e. The van der Waals surface area contributed by atoms with Gasteiger partial charge in [0.25, 0.3) is 5.82 Å². The van der Waals surface area contributed by atoms with Crippen LogP contribution in [-0.2, 0) is 4.74 Å². The average Bonchev–Trinajstić information content (AvgIpc) is 2.64. The topological polar surface area (TPSA) is 56.5 Å². The average molecular weight is 212 g/mol. The second-order valence-electron chi connectivity index (χ2n) is 2.56. The molecule has 0 radical (unpaired) electrons. The summed E-state index contributed by atoms with van der Waals surface area (Å²) in [5.74, 6) is -0.663. The molecule has 0 aliphatic carbocycles. The summed E-state index contributed by atoms with van der Waals surface area (Å²) in [6, 6.07) is 3.51. The van der Waals surface area contributed by atoms with Gasteiger partial charge in [-0.15, -0.1) is 5.10 Å². The molecule has 0 aromatic carbocycles. The molecule has 2 aromatic rings. The lowest BCUT2D eigenvalue weighted by molar-refractivity contribution is 0.0584. The first-order valence-electron chi connectivity index (χ1n) is 3.81. The van der Waals surface area contributed by atoms with Crippen LogP contribution in [0.25, 0.3) is 5.52 Å². The van der Waals surface area contributed by atoms with Crippen LogP contribution in [0.2, 0.25) is 5.15 Å². The largest absolute Gasteiger partial charge is 0.463 e. The quantitative estimate of drug-likeness (QED) is 0.665. The molecule has 14 heavy (non-hydrogen) atoms. The van der Waals surface area contributed by atoms with Crippen molar-refractivity contribution >= 4 is 23.1 Å². The number of carbonyl (C=O) groups is 1. The maximum absolute atomic E-state index is 11.1. The number of nitrogens with zero attached hydrogens (tertiary/aromatic N) is 3. The molecule has 0 bridgehead atoms. The Morgan fingerprint density at radius 3 is 3.14 bits per heavy atom. The molecular weight excluding hydrogens is 206 g/mol. The van der Waals surface area contributed by atoms with E-state index in [1.807, 2.05) is 0 Å². The Morgan fingerprint density at radius 2 is 2.43 bits per heavy atom. The summed E-state index contributed by atoms with van der Waals surface area (Å²) >= 11 is 5.82. The molecular formula is C8H6ClN3O2. The summed E-state index contributed by atoms with van der Waals surface area (Å²) in [5.41, 5.74) is 0.652. The fraction of sp³-hybridized carbons (Fsp3) is 0.125. The number of esters is 1. The van der Waals surface area contributed by atoms with Crippen LogP contribution in [0.5, 0.6) is 0 Å². The van der Waals surface area contributed by atoms with E-state index in [9.17, 15) is 4.79 Å². The molecule has 0 atom stereocenters. The molecule has 0 fully saturated rings. The smallest absolute Gasteiger partial charge is 0.377 e. The molecule has 0 amide bonds. The number of hydrogen-bond donors (Lipinski definition) is 0. The van der Waals surface area contributed by atoms with E-state index in [1.54, 1.807) is 18.3 Å². The molecule has 0 spiro atoms. The molecule has 0 unspecified atom stereocenters. The van der Waals surface area contributed by atoms with Gasteiger partial charge in [-0.05, 0) is 12.1 Å². The van der Waals surface area contributed by atoms with Gasteiger partial charge in [0.2, 0.25) is 0 Å². The van der Waals surface area contributed by atoms with Gasteiger partial charge in [-0.2, -0.15) is 0 Å². The van der Waals surface area contributed by atoms with Crippen molar-refractivity contribution in [2.24, 2.45) is 0 Å². The number of aromatic nitrogens is 3. The lowest BCUT2D eigenvalue weighted by Gasteiger charge is -2.00. The van der Waals surface area contributed by atoms with Crippen molar-refractivity contribution in [3.63, 3.8) is 0 Å². The molecule has 6 heteroatoms. The Bertz CT molecular complexity index is 494. The minimum atomic E-state index is -0.609. The zero-order valence-electron chi connectivity index (χ0n) is 7.27. The number of methoxy groups -OCH3 is 1. The van der Waals surface area contributed by atoms with E-state index < -0.39 is 5.97 Å². The van der Waals surface area contributed by atoms with Gasteiger partial charge in [-0.25, -0.2) is 14.3 Å². The highest BCUT2D eigenvalue weighted by Gasteiger charge is 2.12. The van der Waals surface area contributed by atoms with Crippen molar-refractivity contribution in [1.82, 2.24) is 14.6 Å². The molecule has 0 saturated carbocycles. The van der Waals surface area contributed by atoms with Crippen molar-refractivity contribution in [3.05, 3.63) is 29.3 Å². The summed E-state index contributed by atoms with van der Waals surface area (Å²) in [6.07, 6.45) is 1.68. The zero-order valence-corrected chi connectivity index (χ0v) is 8.02. The summed E-state index contributed by atoms with van der Waals surface area (Å²) < 4.78 is 5.95. The fourth-order valence-corrected chi connectivity index (χ4v) is 1.30. The van der Waals surface area contributed by atoms with Crippen LogP contribution in [0.15, 0.2) is 18.3 Å². The highest BCUT2D eigenvalue weighted by molar-refractivity contribution is 6.32. The van der Waals surface area contributed by atoms with Gasteiger partial charge in [0.05, 0.1) is 7.11 Å². The Kier molecular flexibility index (Phi) is 2.09. The number of halogens is 1. The predicted molar refractivity (Wildman–Crippen MR) is 49.3 cm³/mol. The monoisotopic (exact) mass is 211 g/mol. The Labute approximate surface area is 84.3 Å². The third-order valence-corrected chi connectivity index (χ3v) is 1.99. The van der Waals surface area contributed by atoms with Crippen LogP contribution >= 0.6 is 11.6 Å². The van der Waals surface area contributed by atoms with Gasteiger partial charge >= 0.3 is 5.97 Å². The highest BCUT2D eigenvalue weighted by Crippen LogP contribution is 2.14. The third-order valence-electron chi connectivity index (χ3n) is 1.71. The molecule has 5 nitrogen and oxygen atoms in total. The lowest BCUT2D eigenvalue weighted by Crippen LogP contribution is -2.10. The normalized spacial score (nSPS) is 10.4. The lowest BCUT2D eigenvalue weighted by atomic mass is 10.5. The fourth-order valence-electron chi connectivity index (χ4n) is 1.08. The minimum Gasteiger partial charge on any atom is -0.463 e. The Hall–Kier alpha value is -1.62. The number of fused-ring (bicyclic) bond motifs is 1. The highest BCUT2D eigenvalue weighted by atomic mass is 35.5. The number of hydrogen-bond acceptors (Lipinski definition) is 4. The van der Waals surface area contributed by atoms with Crippen molar-refractivity contribution in [2.45, 2.75) is 0 Å². The van der Waals surface area contributed by atoms with Crippen molar-refractivity contribution < 1.29 is 9.53 Å². The third kappa shape index (κ3) is 1.31. The molecule has 0 aliphatic rings. The number of ether oxygens (including phenoxy) is 1. The van der Waals surface area contributed by atoms with E-state index in [0.717, 1.165) is 0 Å². The van der Waals surface area contributed by atoms with Crippen LogP contribution in [0.1, 0.15) is 10.6 Å². The Balaban J connectivity index is 2.64. The van der Waals surface area contributed by atoms with Gasteiger partial charge in [-0.3, -0.25) is 0 Å². The summed E-state index contributed by atoms with van der Waals surface area (Å²) in [4.78, 5) is 14.9. The molecule has 2 rings (SSSR count). The van der Waals surface area contributed by atoms with E-state index in [2.05, 4.69) is 14.8 Å². The number of rotatable bonds is 1. The first kappa shape index (κ1) is 8.96. The zero-order chi connectivity index (χ0) is 10.1. The molecule has 0 aliphatic heterocycles. The summed E-state index contributed by atoms with van der Waals surface area (Å²) in [6.45, 7) is 0. The molecule has 72 valence electrons. The van der Waals surface area contributed by atoms with Crippen LogP contribution < -0.4 is 0 Å². The number of carbonyl (C=O) groups excluding carboxylic acids is 1. The van der Waals surface area contributed by atoms with Crippen LogP contribution in [0, 0.1) is 0 Å². The predicted octanol–water partition coefficient (Wildman–Crippen LogP) is 1.17. The van der Waals surface area contributed by atoms with Crippen LogP contribution in [0.3, 0.4) is 0 Å². The van der Waals surface area contributed by atoms with E-state index in [0.29, 0.717) is 5.52 Å². The summed E-state index contributed by atoms with van der Waals surface area (Å²) in [5, 5.41) is 4.14. The second kappa shape index (κ2) is 3.26. The first-order valence-corrected chi connectivity index (χ1v) is 4.19. The van der Waals surface area contributed by atoms with Gasteiger partial charge in [-0.1, -0.05) is 11.6 Å². The van der Waals surface area contributed by atoms with E-state index in [-0.39, 0.29) is 11.0 Å². The molecule has 0 N–H and O–H groups in total. The first-order chi connectivity index (χ1) is 6.72. The van der Waals surface area contributed by atoms with Gasteiger partial charge < -0.3 is 4.74 Å². The second-order valence-corrected chi connectivity index (χ2v) is 2.91. The summed E-state index contributed by atoms with van der Waals surface area (Å²) in [7, 11) is 1.26. The van der Waals surface area contributed by atoms with Crippen LogP contribution in [0.4, 0.5) is 0 Å². The van der Waals surface area contributed by atoms with Crippen LogP contribution in [-0.4, -0.2) is 27.7 Å². The van der Waals surface area contributed by atoms with Crippen molar-refractivity contribution in [1.29, 1.82) is 0 Å². The van der Waals surface area contributed by atoms with E-state index >= 15 is 0 Å². The van der Waals surface area contributed by atoms with E-state index in [4.69, 9.17) is 11.6 Å². The van der Waals surface area contributed by atoms with E-state index in [1.165, 1.54) is 11.6 Å². The van der Waals surface area contributed by atoms with Gasteiger partial charge in [0, 0.05) is 6.20 Å². The Morgan fingerprint density at radius 1 is 1.64 bits per heavy atom. The molecule has 2 aromatic heterocycles. The molecule has 2 heterocycles. The maximum atomic E-state index is 11.1. The SMILES string of the molecule is COC(=O)c1nc(Cl)c2cccn2n1. The standard InChI is InChI=1S/C8H6ClN3O2/c1-14-8(13)7-10-6(9)5-3-2-4-12(5)11-7/h2-4H,1H3. The van der Waals surface area contributed by atoms with Gasteiger partial charge in [0.15, 0.2) is 5.15 Å².